The van der Waals surface area contributed by atoms with E-state index in [1.807, 2.05) is 6.92 Å². The monoisotopic (exact) mass is 281 g/mol. The molecule has 4 heteroatoms. The van der Waals surface area contributed by atoms with Gasteiger partial charge in [0.2, 0.25) is 0 Å². The van der Waals surface area contributed by atoms with Gasteiger partial charge in [-0.2, -0.15) is 0 Å². The van der Waals surface area contributed by atoms with Crippen LogP contribution in [0.3, 0.4) is 0 Å². The summed E-state index contributed by atoms with van der Waals surface area (Å²) in [5, 5.41) is 0. The summed E-state index contributed by atoms with van der Waals surface area (Å²) >= 11 is 2.29. The summed E-state index contributed by atoms with van der Waals surface area (Å²) in [5.41, 5.74) is 0. The molecule has 1 aliphatic heterocycles. The lowest BCUT2D eigenvalue weighted by molar-refractivity contribution is 0.110. The fourth-order valence-corrected chi connectivity index (χ4v) is 1.46. The largest absolute Gasteiger partial charge is 0.450 e. The highest BCUT2D eigenvalue weighted by Gasteiger charge is 2.16. The van der Waals surface area contributed by atoms with Gasteiger partial charge in [-0.3, -0.25) is 0 Å². The van der Waals surface area contributed by atoms with E-state index in [0.29, 0.717) is 13.2 Å². The van der Waals surface area contributed by atoms with Crippen molar-refractivity contribution in [2.45, 2.75) is 13.3 Å². The number of carbonyl (C=O) groups is 1. The molecule has 12 heavy (non-hydrogen) atoms. The zero-order valence-electron chi connectivity index (χ0n) is 7.05. The fraction of sp³-hybridized carbons (Fsp3) is 0.625. The lowest BCUT2D eigenvalue weighted by Gasteiger charge is -2.23. The van der Waals surface area contributed by atoms with Crippen LogP contribution >= 0.6 is 22.6 Å². The van der Waals surface area contributed by atoms with E-state index in [1.54, 1.807) is 4.90 Å². The number of hydrogen-bond donors (Lipinski definition) is 0. The van der Waals surface area contributed by atoms with Crippen LogP contribution in [-0.2, 0) is 4.74 Å². The van der Waals surface area contributed by atoms with Crippen molar-refractivity contribution in [2.24, 2.45) is 0 Å². The maximum atomic E-state index is 11.2. The van der Waals surface area contributed by atoms with Gasteiger partial charge < -0.3 is 9.64 Å². The maximum absolute atomic E-state index is 11.2. The van der Waals surface area contributed by atoms with Crippen molar-refractivity contribution in [3.05, 3.63) is 9.66 Å². The lowest BCUT2D eigenvalue weighted by atomic mass is 10.3. The molecule has 1 heterocycles. The Bertz CT molecular complexity index is 203. The van der Waals surface area contributed by atoms with Gasteiger partial charge in [0, 0.05) is 13.1 Å². The highest BCUT2D eigenvalue weighted by atomic mass is 127. The molecule has 68 valence electrons. The van der Waals surface area contributed by atoms with Crippen LogP contribution in [0.15, 0.2) is 9.66 Å². The molecule has 3 nitrogen and oxygen atoms in total. The van der Waals surface area contributed by atoms with Gasteiger partial charge in [0.25, 0.3) is 0 Å². The van der Waals surface area contributed by atoms with Crippen molar-refractivity contribution >= 4 is 28.7 Å². The second-order valence-electron chi connectivity index (χ2n) is 2.55. The van der Waals surface area contributed by atoms with Crippen LogP contribution in [-0.4, -0.2) is 30.7 Å². The summed E-state index contributed by atoms with van der Waals surface area (Å²) in [6.07, 6.45) is 2.82. The minimum atomic E-state index is -0.197. The quantitative estimate of drug-likeness (QED) is 0.689. The Kier molecular flexibility index (Phi) is 3.84. The number of hydrogen-bond acceptors (Lipinski definition) is 2. The highest BCUT2D eigenvalue weighted by Crippen LogP contribution is 2.16. The molecule has 0 aromatic heterocycles. The summed E-state index contributed by atoms with van der Waals surface area (Å²) in [4.78, 5) is 12.9. The van der Waals surface area contributed by atoms with E-state index in [1.165, 1.54) is 3.58 Å². The molecular formula is C8H12INO2. The van der Waals surface area contributed by atoms with Gasteiger partial charge >= 0.3 is 6.09 Å². The Morgan fingerprint density at radius 1 is 1.83 bits per heavy atom. The van der Waals surface area contributed by atoms with Gasteiger partial charge in [-0.05, 0) is 39.5 Å². The second-order valence-corrected chi connectivity index (χ2v) is 3.93. The Morgan fingerprint density at radius 2 is 2.58 bits per heavy atom. The number of rotatable bonds is 1. The van der Waals surface area contributed by atoms with E-state index in [9.17, 15) is 4.79 Å². The Hall–Kier alpha value is -0.260. The van der Waals surface area contributed by atoms with Crippen LogP contribution in [0.4, 0.5) is 4.79 Å². The summed E-state index contributed by atoms with van der Waals surface area (Å²) in [6.45, 7) is 3.75. The van der Waals surface area contributed by atoms with E-state index < -0.39 is 0 Å². The first-order valence-corrected chi connectivity index (χ1v) is 5.08. The molecule has 0 spiro atoms. The minimum absolute atomic E-state index is 0.197. The summed E-state index contributed by atoms with van der Waals surface area (Å²) in [5.74, 6) is 0. The van der Waals surface area contributed by atoms with Gasteiger partial charge in [0.1, 0.15) is 0 Å². The Labute approximate surface area is 85.9 Å². The zero-order valence-corrected chi connectivity index (χ0v) is 9.20. The van der Waals surface area contributed by atoms with Crippen molar-refractivity contribution in [3.8, 4) is 0 Å². The number of carbonyl (C=O) groups excluding carboxylic acids is 1. The van der Waals surface area contributed by atoms with Crippen LogP contribution < -0.4 is 0 Å². The van der Waals surface area contributed by atoms with E-state index in [0.717, 1.165) is 13.0 Å². The first-order valence-electron chi connectivity index (χ1n) is 4.00. The topological polar surface area (TPSA) is 29.5 Å². The fourth-order valence-electron chi connectivity index (χ4n) is 1.02. The second kappa shape index (κ2) is 4.69. The zero-order chi connectivity index (χ0) is 8.97. The van der Waals surface area contributed by atoms with Crippen LogP contribution in [0.1, 0.15) is 13.3 Å². The Balaban J connectivity index is 2.40. The first kappa shape index (κ1) is 9.83. The predicted octanol–water partition coefficient (Wildman–Crippen LogP) is 2.17. The van der Waals surface area contributed by atoms with Gasteiger partial charge in [-0.25, -0.2) is 4.79 Å². The summed E-state index contributed by atoms with van der Waals surface area (Å²) in [6, 6.07) is 0. The molecular weight excluding hydrogens is 269 g/mol. The maximum Gasteiger partial charge on any atom is 0.410 e. The molecule has 0 aliphatic carbocycles. The van der Waals surface area contributed by atoms with Gasteiger partial charge in [0.15, 0.2) is 0 Å². The molecule has 1 aliphatic rings. The van der Waals surface area contributed by atoms with Crippen LogP contribution in [0.5, 0.6) is 0 Å². The summed E-state index contributed by atoms with van der Waals surface area (Å²) < 4.78 is 6.20. The third-order valence-corrected chi connectivity index (χ3v) is 2.66. The normalized spacial score (nSPS) is 17.2. The van der Waals surface area contributed by atoms with Crippen molar-refractivity contribution in [2.75, 3.05) is 19.7 Å². The molecule has 0 saturated heterocycles. The minimum Gasteiger partial charge on any atom is -0.450 e. The molecule has 0 aromatic rings. The summed E-state index contributed by atoms with van der Waals surface area (Å²) in [7, 11) is 0. The van der Waals surface area contributed by atoms with Crippen molar-refractivity contribution in [1.82, 2.24) is 4.90 Å². The molecule has 0 fully saturated rings. The van der Waals surface area contributed by atoms with Gasteiger partial charge in [-0.1, -0.05) is 6.08 Å². The van der Waals surface area contributed by atoms with E-state index in [-0.39, 0.29) is 6.09 Å². The molecule has 0 radical (unpaired) electrons. The van der Waals surface area contributed by atoms with E-state index in [4.69, 9.17) is 4.74 Å². The standard InChI is InChI=1S/C8H12INO2/c1-2-12-8(11)10-5-3-7(9)4-6-10/h3H,2,4-6H2,1H3. The van der Waals surface area contributed by atoms with Crippen molar-refractivity contribution in [3.63, 3.8) is 0 Å². The molecule has 0 saturated carbocycles. The van der Waals surface area contributed by atoms with Gasteiger partial charge in [-0.15, -0.1) is 0 Å². The molecule has 0 bridgehead atoms. The molecule has 0 aromatic carbocycles. The smallest absolute Gasteiger partial charge is 0.410 e. The number of ether oxygens (including phenoxy) is 1. The molecule has 1 amide bonds. The highest BCUT2D eigenvalue weighted by molar-refractivity contribution is 14.1. The lowest BCUT2D eigenvalue weighted by Crippen LogP contribution is -2.34. The molecule has 0 atom stereocenters. The van der Waals surface area contributed by atoms with Crippen molar-refractivity contribution in [1.29, 1.82) is 0 Å². The predicted molar refractivity (Wildman–Crippen MR) is 55.3 cm³/mol. The average Bonchev–Trinajstić information content (AvgIpc) is 2.06. The third-order valence-electron chi connectivity index (χ3n) is 1.68. The molecule has 0 unspecified atom stereocenters. The number of amides is 1. The molecule has 1 rings (SSSR count). The van der Waals surface area contributed by atoms with E-state index >= 15 is 0 Å². The van der Waals surface area contributed by atoms with Crippen LogP contribution in [0.25, 0.3) is 0 Å². The van der Waals surface area contributed by atoms with Gasteiger partial charge in [0.05, 0.1) is 6.61 Å². The number of halogens is 1. The van der Waals surface area contributed by atoms with Crippen molar-refractivity contribution < 1.29 is 9.53 Å². The SMILES string of the molecule is CCOC(=O)N1CC=C(I)CC1. The first-order chi connectivity index (χ1) is 5.74. The molecule has 0 N–H and O–H groups in total. The van der Waals surface area contributed by atoms with Crippen LogP contribution in [0.2, 0.25) is 0 Å². The number of nitrogens with zero attached hydrogens (tertiary/aromatic N) is 1. The average molecular weight is 281 g/mol. The van der Waals surface area contributed by atoms with E-state index in [2.05, 4.69) is 28.7 Å². The third kappa shape index (κ3) is 2.66. The van der Waals surface area contributed by atoms with Crippen LogP contribution in [0, 0.1) is 0 Å². The Morgan fingerprint density at radius 3 is 3.08 bits per heavy atom.